The number of nitrogens with one attached hydrogen (secondary N) is 2. The van der Waals surface area contributed by atoms with E-state index in [2.05, 4.69) is 15.6 Å². The Kier molecular flexibility index (Phi) is 6.17. The first kappa shape index (κ1) is 15.3. The van der Waals surface area contributed by atoms with Gasteiger partial charge in [0, 0.05) is 12.2 Å². The maximum atomic E-state index is 11.7. The van der Waals surface area contributed by atoms with Gasteiger partial charge in [-0.15, -0.1) is 0 Å². The second-order valence-corrected chi connectivity index (χ2v) is 4.21. The van der Waals surface area contributed by atoms with Gasteiger partial charge in [-0.3, -0.25) is 0 Å². The van der Waals surface area contributed by atoms with Crippen LogP contribution >= 0.6 is 12.2 Å². The smallest absolute Gasteiger partial charge is 0.341 e. The molecule has 0 saturated heterocycles. The molecule has 1 aromatic heterocycles. The van der Waals surface area contributed by atoms with E-state index in [0.717, 1.165) is 0 Å². The van der Waals surface area contributed by atoms with Crippen LogP contribution in [0.2, 0.25) is 0 Å². The average Bonchev–Trinajstić information content (AvgIpc) is 2.39. The molecule has 0 radical (unpaired) electrons. The molecule has 7 heteroatoms. The van der Waals surface area contributed by atoms with E-state index in [9.17, 15) is 4.79 Å². The van der Waals surface area contributed by atoms with Crippen molar-refractivity contribution in [2.24, 2.45) is 0 Å². The molecule has 0 bridgehead atoms. The van der Waals surface area contributed by atoms with E-state index in [1.165, 1.54) is 0 Å². The van der Waals surface area contributed by atoms with Gasteiger partial charge in [-0.25, -0.2) is 9.78 Å². The molecule has 1 heterocycles. The summed E-state index contributed by atoms with van der Waals surface area (Å²) < 4.78 is 4.93. The van der Waals surface area contributed by atoms with Gasteiger partial charge in [0.2, 0.25) is 0 Å². The third-order valence-corrected chi connectivity index (χ3v) is 2.41. The van der Waals surface area contributed by atoms with Crippen molar-refractivity contribution in [3.05, 3.63) is 23.9 Å². The zero-order valence-corrected chi connectivity index (χ0v) is 11.7. The van der Waals surface area contributed by atoms with Gasteiger partial charge in [0.25, 0.3) is 0 Å². The van der Waals surface area contributed by atoms with E-state index < -0.39 is 5.97 Å². The molecule has 3 N–H and O–H groups in total. The summed E-state index contributed by atoms with van der Waals surface area (Å²) >= 11 is 5.06. The number of thiocarbonyl (C=S) groups is 1. The molecule has 0 aromatic carbocycles. The third-order valence-electron chi connectivity index (χ3n) is 2.19. The Morgan fingerprint density at radius 2 is 2.37 bits per heavy atom. The lowest BCUT2D eigenvalue weighted by molar-refractivity contribution is 0.0527. The summed E-state index contributed by atoms with van der Waals surface area (Å²) in [5.41, 5.74) is 0.310. The number of hydrogen-bond acceptors (Lipinski definition) is 5. The summed E-state index contributed by atoms with van der Waals surface area (Å²) in [5.74, 6) is -0.139. The van der Waals surface area contributed by atoms with Crippen LogP contribution in [-0.2, 0) is 4.74 Å². The largest absolute Gasteiger partial charge is 0.462 e. The first-order chi connectivity index (χ1) is 9.08. The highest BCUT2D eigenvalue weighted by molar-refractivity contribution is 7.80. The number of pyridine rings is 1. The van der Waals surface area contributed by atoms with Gasteiger partial charge in [0.05, 0.1) is 13.2 Å². The quantitative estimate of drug-likeness (QED) is 0.547. The highest BCUT2D eigenvalue weighted by Crippen LogP contribution is 2.12. The van der Waals surface area contributed by atoms with E-state index in [0.29, 0.717) is 11.4 Å². The fourth-order valence-electron chi connectivity index (χ4n) is 1.29. The molecule has 6 nitrogen and oxygen atoms in total. The van der Waals surface area contributed by atoms with E-state index in [1.54, 1.807) is 32.2 Å². The van der Waals surface area contributed by atoms with Crippen molar-refractivity contribution in [2.75, 3.05) is 18.5 Å². The molecule has 19 heavy (non-hydrogen) atoms. The molecular formula is C12H17N3O3S. The zero-order chi connectivity index (χ0) is 14.3. The number of esters is 1. The van der Waals surface area contributed by atoms with Gasteiger partial charge in [0.1, 0.15) is 11.4 Å². The Bertz CT molecular complexity index is 454. The predicted molar refractivity (Wildman–Crippen MR) is 76.1 cm³/mol. The van der Waals surface area contributed by atoms with E-state index in [-0.39, 0.29) is 24.4 Å². The summed E-state index contributed by atoms with van der Waals surface area (Å²) in [6.45, 7) is 3.75. The number of carbonyl (C=O) groups excluding carboxylic acids is 1. The van der Waals surface area contributed by atoms with E-state index in [1.807, 2.05) is 0 Å². The second-order valence-electron chi connectivity index (χ2n) is 3.80. The molecule has 0 aliphatic rings. The topological polar surface area (TPSA) is 83.5 Å². The second kappa shape index (κ2) is 7.65. The Labute approximate surface area is 117 Å². The minimum Gasteiger partial charge on any atom is -0.462 e. The van der Waals surface area contributed by atoms with E-state index in [4.69, 9.17) is 22.1 Å². The molecule has 1 aromatic rings. The van der Waals surface area contributed by atoms with Gasteiger partial charge in [-0.2, -0.15) is 0 Å². The van der Waals surface area contributed by atoms with Crippen molar-refractivity contribution >= 4 is 29.1 Å². The van der Waals surface area contributed by atoms with Gasteiger partial charge < -0.3 is 20.5 Å². The molecule has 0 fully saturated rings. The molecule has 1 rings (SSSR count). The molecule has 0 amide bonds. The highest BCUT2D eigenvalue weighted by atomic mass is 32.1. The number of nitrogens with zero attached hydrogens (tertiary/aromatic N) is 1. The SMILES string of the molecule is CCOC(=O)c1cccnc1NC(=S)NC(C)CO. The van der Waals surface area contributed by atoms with Crippen LogP contribution in [0.5, 0.6) is 0 Å². The average molecular weight is 283 g/mol. The number of ether oxygens (including phenoxy) is 1. The van der Waals surface area contributed by atoms with Crippen LogP contribution in [0.25, 0.3) is 0 Å². The summed E-state index contributed by atoms with van der Waals surface area (Å²) in [6, 6.07) is 3.06. The van der Waals surface area contributed by atoms with Gasteiger partial charge in [0.15, 0.2) is 5.11 Å². The van der Waals surface area contributed by atoms with Crippen LogP contribution < -0.4 is 10.6 Å². The van der Waals surface area contributed by atoms with Crippen LogP contribution in [0.3, 0.4) is 0 Å². The molecule has 104 valence electrons. The maximum Gasteiger partial charge on any atom is 0.341 e. The minimum absolute atomic E-state index is 0.0469. The monoisotopic (exact) mass is 283 g/mol. The van der Waals surface area contributed by atoms with Crippen LogP contribution in [0.1, 0.15) is 24.2 Å². The van der Waals surface area contributed by atoms with Crippen LogP contribution in [0, 0.1) is 0 Å². The zero-order valence-electron chi connectivity index (χ0n) is 10.8. The Hall–Kier alpha value is -1.73. The minimum atomic E-state index is -0.462. The predicted octanol–water partition coefficient (Wildman–Crippen LogP) is 0.925. The molecule has 1 atom stereocenters. The number of anilines is 1. The summed E-state index contributed by atoms with van der Waals surface area (Å²) in [4.78, 5) is 15.8. The lowest BCUT2D eigenvalue weighted by Gasteiger charge is -2.15. The highest BCUT2D eigenvalue weighted by Gasteiger charge is 2.14. The number of carbonyl (C=O) groups is 1. The molecule has 0 spiro atoms. The van der Waals surface area contributed by atoms with Crippen molar-refractivity contribution in [3.8, 4) is 0 Å². The van der Waals surface area contributed by atoms with Gasteiger partial charge >= 0.3 is 5.97 Å². The van der Waals surface area contributed by atoms with Crippen LogP contribution in [0.15, 0.2) is 18.3 Å². The molecule has 0 aliphatic heterocycles. The fraction of sp³-hybridized carbons (Fsp3) is 0.417. The Morgan fingerprint density at radius 3 is 3.00 bits per heavy atom. The summed E-state index contributed by atoms with van der Waals surface area (Å²) in [6.07, 6.45) is 1.54. The molecule has 0 saturated carbocycles. The molecular weight excluding hydrogens is 266 g/mol. The maximum absolute atomic E-state index is 11.7. The molecule has 1 unspecified atom stereocenters. The normalized spacial score (nSPS) is 11.5. The first-order valence-corrected chi connectivity index (χ1v) is 6.29. The lowest BCUT2D eigenvalue weighted by Crippen LogP contribution is -2.38. The number of hydrogen-bond donors (Lipinski definition) is 3. The summed E-state index contributed by atoms with van der Waals surface area (Å²) in [5, 5.41) is 14.9. The van der Waals surface area contributed by atoms with Crippen molar-refractivity contribution < 1.29 is 14.6 Å². The first-order valence-electron chi connectivity index (χ1n) is 5.89. The standard InChI is InChI=1S/C12H17N3O3S/c1-3-18-11(17)9-5-4-6-13-10(9)15-12(19)14-8(2)7-16/h4-6,8,16H,3,7H2,1-2H3,(H2,13,14,15,19). The number of rotatable bonds is 5. The van der Waals surface area contributed by atoms with Crippen molar-refractivity contribution in [3.63, 3.8) is 0 Å². The molecule has 0 aliphatic carbocycles. The van der Waals surface area contributed by atoms with E-state index >= 15 is 0 Å². The third kappa shape index (κ3) is 4.80. The number of aliphatic hydroxyl groups excluding tert-OH is 1. The van der Waals surface area contributed by atoms with Gasteiger partial charge in [-0.1, -0.05) is 0 Å². The van der Waals surface area contributed by atoms with Crippen molar-refractivity contribution in [1.82, 2.24) is 10.3 Å². The van der Waals surface area contributed by atoms with Crippen molar-refractivity contribution in [1.29, 1.82) is 0 Å². The summed E-state index contributed by atoms with van der Waals surface area (Å²) in [7, 11) is 0. The van der Waals surface area contributed by atoms with Crippen molar-refractivity contribution in [2.45, 2.75) is 19.9 Å². The van der Waals surface area contributed by atoms with Gasteiger partial charge in [-0.05, 0) is 38.2 Å². The Balaban J connectivity index is 2.78. The number of aromatic nitrogens is 1. The van der Waals surface area contributed by atoms with Crippen LogP contribution in [0.4, 0.5) is 5.82 Å². The Morgan fingerprint density at radius 1 is 1.63 bits per heavy atom. The van der Waals surface area contributed by atoms with Crippen LogP contribution in [-0.4, -0.2) is 40.4 Å². The fourth-order valence-corrected chi connectivity index (χ4v) is 1.59. The number of aliphatic hydroxyl groups is 1. The lowest BCUT2D eigenvalue weighted by atomic mass is 10.2.